The zero-order chi connectivity index (χ0) is 13.4. The van der Waals surface area contributed by atoms with Gasteiger partial charge in [-0.05, 0) is 53.7 Å². The number of nitrogens with one attached hydrogen (secondary N) is 1. The molecule has 1 N–H and O–H groups in total. The summed E-state index contributed by atoms with van der Waals surface area (Å²) < 4.78 is 1.10. The molecule has 1 amide bonds. The summed E-state index contributed by atoms with van der Waals surface area (Å²) in [5.41, 5.74) is 0. The van der Waals surface area contributed by atoms with Crippen LogP contribution in [0.25, 0.3) is 0 Å². The highest BCUT2D eigenvalue weighted by Crippen LogP contribution is 2.30. The number of hydrogen-bond acceptors (Lipinski definition) is 3. The van der Waals surface area contributed by atoms with Crippen LogP contribution in [0.5, 0.6) is 0 Å². The van der Waals surface area contributed by atoms with Gasteiger partial charge >= 0.3 is 0 Å². The van der Waals surface area contributed by atoms with Gasteiger partial charge in [-0.25, -0.2) is 0 Å². The smallest absolute Gasteiger partial charge is 0.227 e. The van der Waals surface area contributed by atoms with Crippen molar-refractivity contribution in [2.24, 2.45) is 0 Å². The highest BCUT2D eigenvalue weighted by atomic mass is 79.9. The van der Waals surface area contributed by atoms with Gasteiger partial charge in [0.2, 0.25) is 5.91 Å². The van der Waals surface area contributed by atoms with Crippen molar-refractivity contribution in [3.8, 4) is 0 Å². The summed E-state index contributed by atoms with van der Waals surface area (Å²) in [6, 6.07) is 5.74. The van der Waals surface area contributed by atoms with Gasteiger partial charge in [0.05, 0.1) is 10.2 Å². The topological polar surface area (TPSA) is 32.3 Å². The van der Waals surface area contributed by atoms with Crippen molar-refractivity contribution in [2.75, 3.05) is 7.05 Å². The molecule has 2 atom stereocenters. The Hall–Kier alpha value is -0.390. The third-order valence-electron chi connectivity index (χ3n) is 4.34. The maximum absolute atomic E-state index is 12.4. The van der Waals surface area contributed by atoms with E-state index in [1.807, 2.05) is 24.1 Å². The van der Waals surface area contributed by atoms with E-state index >= 15 is 0 Å². The third-order valence-corrected chi connectivity index (χ3v) is 5.97. The maximum atomic E-state index is 12.4. The van der Waals surface area contributed by atoms with Gasteiger partial charge < -0.3 is 10.2 Å². The van der Waals surface area contributed by atoms with Crippen LogP contribution in [0.1, 0.15) is 30.6 Å². The lowest BCUT2D eigenvalue weighted by molar-refractivity contribution is -0.131. The monoisotopic (exact) mass is 342 g/mol. The average Bonchev–Trinajstić information content (AvgIpc) is 2.94. The van der Waals surface area contributed by atoms with E-state index in [0.717, 1.165) is 21.5 Å². The lowest BCUT2D eigenvalue weighted by Crippen LogP contribution is -2.49. The fourth-order valence-corrected chi connectivity index (χ4v) is 4.74. The summed E-state index contributed by atoms with van der Waals surface area (Å²) in [4.78, 5) is 15.5. The van der Waals surface area contributed by atoms with Crippen LogP contribution in [0.2, 0.25) is 0 Å². The highest BCUT2D eigenvalue weighted by Gasteiger charge is 2.36. The van der Waals surface area contributed by atoms with Gasteiger partial charge in [-0.2, -0.15) is 0 Å². The molecule has 3 heterocycles. The van der Waals surface area contributed by atoms with E-state index in [1.54, 1.807) is 11.3 Å². The van der Waals surface area contributed by atoms with Crippen molar-refractivity contribution >= 4 is 33.2 Å². The Kier molecular flexibility index (Phi) is 3.96. The molecule has 2 aliphatic heterocycles. The molecular weight excluding hydrogens is 324 g/mol. The van der Waals surface area contributed by atoms with Gasteiger partial charge in [-0.1, -0.05) is 0 Å². The van der Waals surface area contributed by atoms with Gasteiger partial charge in [0.25, 0.3) is 0 Å². The number of hydrogen-bond donors (Lipinski definition) is 1. The van der Waals surface area contributed by atoms with Crippen LogP contribution in [-0.2, 0) is 11.2 Å². The Morgan fingerprint density at radius 2 is 2.11 bits per heavy atom. The molecule has 104 valence electrons. The van der Waals surface area contributed by atoms with Crippen LogP contribution in [0, 0.1) is 0 Å². The summed E-state index contributed by atoms with van der Waals surface area (Å²) in [5, 5.41) is 3.62. The van der Waals surface area contributed by atoms with E-state index in [9.17, 15) is 4.79 Å². The van der Waals surface area contributed by atoms with Crippen molar-refractivity contribution in [1.82, 2.24) is 10.2 Å². The Labute approximate surface area is 126 Å². The van der Waals surface area contributed by atoms with Gasteiger partial charge in [-0.3, -0.25) is 4.79 Å². The highest BCUT2D eigenvalue weighted by molar-refractivity contribution is 9.11. The standard InChI is InChI=1S/C14H19BrN2OS/c1-17(11-6-9-2-3-10(7-11)16-9)14(18)8-12-4-5-13(15)19-12/h4-5,9-11,16H,2-3,6-8H2,1H3. The number of rotatable bonds is 3. The van der Waals surface area contributed by atoms with Crippen LogP contribution in [-0.4, -0.2) is 36.0 Å². The van der Waals surface area contributed by atoms with Crippen LogP contribution in [0.4, 0.5) is 0 Å². The normalized spacial score (nSPS) is 29.5. The molecule has 3 rings (SSSR count). The second-order valence-electron chi connectivity index (χ2n) is 5.65. The van der Waals surface area contributed by atoms with Crippen molar-refractivity contribution in [3.63, 3.8) is 0 Å². The summed E-state index contributed by atoms with van der Waals surface area (Å²) >= 11 is 5.10. The molecule has 0 spiro atoms. The number of thiophene rings is 1. The molecule has 0 aromatic carbocycles. The van der Waals surface area contributed by atoms with E-state index in [4.69, 9.17) is 0 Å². The number of piperidine rings is 1. The first-order valence-corrected chi connectivity index (χ1v) is 8.48. The summed E-state index contributed by atoms with van der Waals surface area (Å²) in [6.07, 6.45) is 5.33. The molecule has 1 aromatic rings. The fourth-order valence-electron chi connectivity index (χ4n) is 3.27. The molecular formula is C14H19BrN2OS. The molecule has 2 bridgehead atoms. The molecule has 0 saturated carbocycles. The van der Waals surface area contributed by atoms with Gasteiger partial charge in [0.15, 0.2) is 0 Å². The Morgan fingerprint density at radius 3 is 2.68 bits per heavy atom. The van der Waals surface area contributed by atoms with Crippen molar-refractivity contribution in [1.29, 1.82) is 0 Å². The van der Waals surface area contributed by atoms with E-state index in [0.29, 0.717) is 24.5 Å². The minimum absolute atomic E-state index is 0.251. The maximum Gasteiger partial charge on any atom is 0.227 e. The SMILES string of the molecule is CN(C(=O)Cc1ccc(Br)s1)C1CC2CCC(C1)N2. The van der Waals surface area contributed by atoms with Gasteiger partial charge in [-0.15, -0.1) is 11.3 Å². The first kappa shape index (κ1) is 13.6. The number of nitrogens with zero attached hydrogens (tertiary/aromatic N) is 1. The summed E-state index contributed by atoms with van der Waals surface area (Å²) in [7, 11) is 1.97. The Balaban J connectivity index is 1.60. The van der Waals surface area contributed by atoms with Gasteiger partial charge in [0.1, 0.15) is 0 Å². The second kappa shape index (κ2) is 5.54. The lowest BCUT2D eigenvalue weighted by atomic mass is 9.98. The molecule has 2 aliphatic rings. The molecule has 0 radical (unpaired) electrons. The predicted octanol–water partition coefficient (Wildman–Crippen LogP) is 2.79. The molecule has 1 aromatic heterocycles. The van der Waals surface area contributed by atoms with Crippen LogP contribution in [0.3, 0.4) is 0 Å². The summed E-state index contributed by atoms with van der Waals surface area (Å²) in [6.45, 7) is 0. The Bertz CT molecular complexity index is 464. The van der Waals surface area contributed by atoms with Crippen molar-refractivity contribution in [2.45, 2.75) is 50.2 Å². The van der Waals surface area contributed by atoms with E-state index in [1.165, 1.54) is 12.8 Å². The number of fused-ring (bicyclic) bond motifs is 2. The fraction of sp³-hybridized carbons (Fsp3) is 0.643. The minimum atomic E-state index is 0.251. The molecule has 0 aliphatic carbocycles. The molecule has 5 heteroatoms. The number of amides is 1. The van der Waals surface area contributed by atoms with E-state index < -0.39 is 0 Å². The third kappa shape index (κ3) is 3.03. The van der Waals surface area contributed by atoms with Crippen molar-refractivity contribution in [3.05, 3.63) is 20.8 Å². The quantitative estimate of drug-likeness (QED) is 0.915. The van der Waals surface area contributed by atoms with Crippen LogP contribution < -0.4 is 5.32 Å². The zero-order valence-corrected chi connectivity index (χ0v) is 13.5. The predicted molar refractivity (Wildman–Crippen MR) is 81.5 cm³/mol. The number of carbonyl (C=O) groups excluding carboxylic acids is 1. The zero-order valence-electron chi connectivity index (χ0n) is 11.1. The summed E-state index contributed by atoms with van der Waals surface area (Å²) in [5.74, 6) is 0.251. The largest absolute Gasteiger partial charge is 0.342 e. The van der Waals surface area contributed by atoms with E-state index in [2.05, 4.69) is 21.2 Å². The Morgan fingerprint density at radius 1 is 1.42 bits per heavy atom. The first-order valence-electron chi connectivity index (χ1n) is 6.88. The van der Waals surface area contributed by atoms with Gasteiger partial charge in [0, 0.05) is 30.1 Å². The average molecular weight is 343 g/mol. The number of carbonyl (C=O) groups is 1. The molecule has 2 saturated heterocycles. The van der Waals surface area contributed by atoms with Crippen LogP contribution >= 0.6 is 27.3 Å². The molecule has 2 fully saturated rings. The minimum Gasteiger partial charge on any atom is -0.342 e. The molecule has 19 heavy (non-hydrogen) atoms. The first-order chi connectivity index (χ1) is 9.11. The van der Waals surface area contributed by atoms with Crippen molar-refractivity contribution < 1.29 is 4.79 Å². The lowest BCUT2D eigenvalue weighted by Gasteiger charge is -2.35. The van der Waals surface area contributed by atoms with Crippen LogP contribution in [0.15, 0.2) is 15.9 Å². The second-order valence-corrected chi connectivity index (χ2v) is 8.20. The molecule has 2 unspecified atom stereocenters. The van der Waals surface area contributed by atoms with E-state index in [-0.39, 0.29) is 5.91 Å². The number of halogens is 1. The molecule has 3 nitrogen and oxygen atoms in total. The number of likely N-dealkylation sites (N-methyl/N-ethyl adjacent to an activating group) is 1.